The molecule has 0 aromatic carbocycles. The van der Waals surface area contributed by atoms with E-state index < -0.39 is 9.84 Å². The third kappa shape index (κ3) is 3.22. The van der Waals surface area contributed by atoms with Crippen molar-refractivity contribution in [3.63, 3.8) is 0 Å². The molecule has 0 aliphatic carbocycles. The van der Waals surface area contributed by atoms with Crippen molar-refractivity contribution in [3.05, 3.63) is 0 Å². The lowest BCUT2D eigenvalue weighted by Crippen LogP contribution is -2.26. The number of epoxide rings is 1. The molecule has 0 N–H and O–H groups in total. The first-order valence-electron chi connectivity index (χ1n) is 5.05. The van der Waals surface area contributed by atoms with Gasteiger partial charge in [-0.3, -0.25) is 0 Å². The zero-order valence-corrected chi connectivity index (χ0v) is 8.96. The summed E-state index contributed by atoms with van der Waals surface area (Å²) < 4.78 is 32.7. The predicted octanol–water partition coefficient (Wildman–Crippen LogP) is 0.227. The Morgan fingerprint density at radius 3 is 2.43 bits per heavy atom. The van der Waals surface area contributed by atoms with Gasteiger partial charge < -0.3 is 9.47 Å². The molecule has 82 valence electrons. The normalized spacial score (nSPS) is 31.6. The van der Waals surface area contributed by atoms with E-state index in [2.05, 4.69) is 0 Å². The quantitative estimate of drug-likeness (QED) is 0.636. The molecule has 0 radical (unpaired) electrons. The van der Waals surface area contributed by atoms with Crippen LogP contribution in [0.2, 0.25) is 0 Å². The molecule has 5 heteroatoms. The molecule has 2 heterocycles. The standard InChI is InChI=1S/C9H16O4S/c10-14(11)3-1-8(2-4-14)5-12-6-9-7-13-9/h8-9H,1-7H2. The third-order valence-corrected chi connectivity index (χ3v) is 4.45. The topological polar surface area (TPSA) is 55.9 Å². The molecule has 0 bridgehead atoms. The van der Waals surface area contributed by atoms with Crippen LogP contribution >= 0.6 is 0 Å². The fourth-order valence-electron chi connectivity index (χ4n) is 1.64. The van der Waals surface area contributed by atoms with Gasteiger partial charge in [-0.05, 0) is 18.8 Å². The van der Waals surface area contributed by atoms with Crippen LogP contribution in [0.5, 0.6) is 0 Å². The van der Waals surface area contributed by atoms with Crippen LogP contribution in [-0.2, 0) is 19.3 Å². The van der Waals surface area contributed by atoms with E-state index in [1.807, 2.05) is 0 Å². The molecule has 0 aromatic heterocycles. The van der Waals surface area contributed by atoms with Crippen LogP contribution in [0.4, 0.5) is 0 Å². The highest BCUT2D eigenvalue weighted by Gasteiger charge is 2.26. The zero-order valence-electron chi connectivity index (χ0n) is 8.15. The van der Waals surface area contributed by atoms with Gasteiger partial charge in [-0.25, -0.2) is 8.42 Å². The number of rotatable bonds is 4. The van der Waals surface area contributed by atoms with Crippen molar-refractivity contribution in [2.45, 2.75) is 18.9 Å². The predicted molar refractivity (Wildman–Crippen MR) is 51.9 cm³/mol. The second-order valence-electron chi connectivity index (χ2n) is 4.09. The fourth-order valence-corrected chi connectivity index (χ4v) is 3.22. The van der Waals surface area contributed by atoms with Gasteiger partial charge in [0.05, 0.1) is 24.7 Å². The smallest absolute Gasteiger partial charge is 0.150 e. The third-order valence-electron chi connectivity index (χ3n) is 2.73. The van der Waals surface area contributed by atoms with Gasteiger partial charge in [0.25, 0.3) is 0 Å². The van der Waals surface area contributed by atoms with E-state index in [0.29, 0.717) is 36.7 Å². The van der Waals surface area contributed by atoms with Gasteiger partial charge >= 0.3 is 0 Å². The van der Waals surface area contributed by atoms with Crippen molar-refractivity contribution in [2.75, 3.05) is 31.3 Å². The Labute approximate surface area is 84.5 Å². The van der Waals surface area contributed by atoms with Crippen LogP contribution in [0.15, 0.2) is 0 Å². The Hall–Kier alpha value is -0.130. The molecule has 2 fully saturated rings. The number of hydrogen-bond acceptors (Lipinski definition) is 4. The van der Waals surface area contributed by atoms with Gasteiger partial charge in [0, 0.05) is 6.61 Å². The fraction of sp³-hybridized carbons (Fsp3) is 1.00. The SMILES string of the molecule is O=S1(=O)CCC(COCC2CO2)CC1. The van der Waals surface area contributed by atoms with E-state index in [0.717, 1.165) is 19.4 Å². The number of ether oxygens (including phenoxy) is 2. The maximum Gasteiger partial charge on any atom is 0.150 e. The summed E-state index contributed by atoms with van der Waals surface area (Å²) in [6, 6.07) is 0. The van der Waals surface area contributed by atoms with E-state index in [9.17, 15) is 8.42 Å². The minimum atomic E-state index is -2.72. The lowest BCUT2D eigenvalue weighted by molar-refractivity contribution is 0.0829. The first-order valence-corrected chi connectivity index (χ1v) is 6.88. The van der Waals surface area contributed by atoms with Crippen LogP contribution < -0.4 is 0 Å². The lowest BCUT2D eigenvalue weighted by atomic mass is 10.0. The molecule has 0 saturated carbocycles. The maximum absolute atomic E-state index is 11.1. The summed E-state index contributed by atoms with van der Waals surface area (Å²) in [5.74, 6) is 1.10. The largest absolute Gasteiger partial charge is 0.378 e. The molecular weight excluding hydrogens is 204 g/mol. The van der Waals surface area contributed by atoms with E-state index in [1.165, 1.54) is 0 Å². The minimum absolute atomic E-state index is 0.308. The molecule has 2 rings (SSSR count). The molecule has 4 nitrogen and oxygen atoms in total. The summed E-state index contributed by atoms with van der Waals surface area (Å²) in [7, 11) is -2.72. The monoisotopic (exact) mass is 220 g/mol. The van der Waals surface area contributed by atoms with Crippen LogP contribution in [-0.4, -0.2) is 45.8 Å². The number of sulfone groups is 1. The van der Waals surface area contributed by atoms with Gasteiger partial charge in [-0.1, -0.05) is 0 Å². The Balaban J connectivity index is 1.62. The average molecular weight is 220 g/mol. The maximum atomic E-state index is 11.1. The van der Waals surface area contributed by atoms with Crippen molar-refractivity contribution in [2.24, 2.45) is 5.92 Å². The lowest BCUT2D eigenvalue weighted by Gasteiger charge is -2.21. The van der Waals surface area contributed by atoms with Crippen molar-refractivity contribution in [1.29, 1.82) is 0 Å². The summed E-state index contributed by atoms with van der Waals surface area (Å²) in [6.07, 6.45) is 1.82. The van der Waals surface area contributed by atoms with Crippen LogP contribution in [0.1, 0.15) is 12.8 Å². The zero-order chi connectivity index (χ0) is 10.0. The highest BCUT2D eigenvalue weighted by Crippen LogP contribution is 2.19. The van der Waals surface area contributed by atoms with Crippen LogP contribution in [0, 0.1) is 5.92 Å². The Morgan fingerprint density at radius 1 is 1.21 bits per heavy atom. The molecule has 14 heavy (non-hydrogen) atoms. The van der Waals surface area contributed by atoms with Gasteiger partial charge in [0.15, 0.2) is 0 Å². The minimum Gasteiger partial charge on any atom is -0.378 e. The number of hydrogen-bond donors (Lipinski definition) is 0. The van der Waals surface area contributed by atoms with Crippen molar-refractivity contribution in [3.8, 4) is 0 Å². The highest BCUT2D eigenvalue weighted by molar-refractivity contribution is 7.91. The molecule has 1 unspecified atom stereocenters. The van der Waals surface area contributed by atoms with E-state index in [1.54, 1.807) is 0 Å². The first kappa shape index (κ1) is 10.4. The van der Waals surface area contributed by atoms with Gasteiger partial charge in [-0.2, -0.15) is 0 Å². The molecule has 0 amide bonds. The van der Waals surface area contributed by atoms with E-state index in [-0.39, 0.29) is 0 Å². The van der Waals surface area contributed by atoms with Crippen molar-refractivity contribution < 1.29 is 17.9 Å². The van der Waals surface area contributed by atoms with Crippen molar-refractivity contribution in [1.82, 2.24) is 0 Å². The molecule has 0 spiro atoms. The van der Waals surface area contributed by atoms with Crippen LogP contribution in [0.3, 0.4) is 0 Å². The first-order chi connectivity index (χ1) is 6.66. The Kier molecular flexibility index (Phi) is 3.09. The summed E-state index contributed by atoms with van der Waals surface area (Å²) in [5, 5.41) is 0. The summed E-state index contributed by atoms with van der Waals surface area (Å²) in [5.41, 5.74) is 0. The Morgan fingerprint density at radius 2 is 1.86 bits per heavy atom. The van der Waals surface area contributed by atoms with E-state index >= 15 is 0 Å². The molecule has 2 saturated heterocycles. The average Bonchev–Trinajstić information content (AvgIpc) is 2.92. The molecule has 0 aromatic rings. The van der Waals surface area contributed by atoms with Gasteiger partial charge in [0.1, 0.15) is 15.9 Å². The summed E-state index contributed by atoms with van der Waals surface area (Å²) in [4.78, 5) is 0. The molecule has 1 atom stereocenters. The second-order valence-corrected chi connectivity index (χ2v) is 6.39. The Bertz CT molecular complexity index is 267. The van der Waals surface area contributed by atoms with Crippen molar-refractivity contribution >= 4 is 9.84 Å². The second kappa shape index (κ2) is 4.16. The summed E-state index contributed by atoms with van der Waals surface area (Å²) in [6.45, 7) is 2.18. The summed E-state index contributed by atoms with van der Waals surface area (Å²) >= 11 is 0. The van der Waals surface area contributed by atoms with Gasteiger partial charge in [-0.15, -0.1) is 0 Å². The highest BCUT2D eigenvalue weighted by atomic mass is 32.2. The van der Waals surface area contributed by atoms with E-state index in [4.69, 9.17) is 9.47 Å². The molecule has 2 aliphatic rings. The van der Waals surface area contributed by atoms with Gasteiger partial charge in [0.2, 0.25) is 0 Å². The molecule has 2 aliphatic heterocycles. The van der Waals surface area contributed by atoms with Crippen LogP contribution in [0.25, 0.3) is 0 Å². The molecular formula is C9H16O4S.